The van der Waals surface area contributed by atoms with Gasteiger partial charge < -0.3 is 14.6 Å². The number of rotatable bonds is 8. The summed E-state index contributed by atoms with van der Waals surface area (Å²) in [6, 6.07) is 17.4. The molecule has 0 aromatic heterocycles. The highest BCUT2D eigenvalue weighted by Gasteiger charge is 2.13. The van der Waals surface area contributed by atoms with Crippen LogP contribution in [0.2, 0.25) is 5.02 Å². The van der Waals surface area contributed by atoms with Crippen LogP contribution >= 0.6 is 34.2 Å². The molecule has 0 aliphatic heterocycles. The van der Waals surface area contributed by atoms with Crippen LogP contribution in [0, 0.1) is 3.57 Å². The maximum absolute atomic E-state index is 12.2. The third-order valence-corrected chi connectivity index (χ3v) is 5.36. The van der Waals surface area contributed by atoms with Gasteiger partial charge in [0.1, 0.15) is 12.4 Å². The number of aromatic hydroxyl groups is 1. The molecule has 0 radical (unpaired) electrons. The first-order valence-corrected chi connectivity index (χ1v) is 10.9. The van der Waals surface area contributed by atoms with Gasteiger partial charge in [-0.3, -0.25) is 4.79 Å². The maximum atomic E-state index is 12.2. The zero-order chi connectivity index (χ0) is 22.2. The van der Waals surface area contributed by atoms with Crippen molar-refractivity contribution in [2.24, 2.45) is 5.10 Å². The molecule has 0 bridgehead atoms. The Balaban J connectivity index is 1.74. The summed E-state index contributed by atoms with van der Waals surface area (Å²) < 4.78 is 12.6. The molecule has 0 unspecified atom stereocenters. The molecular weight excluding hydrogens is 531 g/mol. The van der Waals surface area contributed by atoms with Crippen LogP contribution in [0.1, 0.15) is 28.4 Å². The van der Waals surface area contributed by atoms with Crippen LogP contribution in [0.4, 0.5) is 0 Å². The molecule has 0 heterocycles. The molecule has 8 heteroatoms. The largest absolute Gasteiger partial charge is 0.507 e. The Hall–Kier alpha value is -2.78. The van der Waals surface area contributed by atoms with E-state index in [2.05, 4.69) is 33.1 Å². The van der Waals surface area contributed by atoms with Crippen molar-refractivity contribution in [1.29, 1.82) is 0 Å². The second kappa shape index (κ2) is 11.0. The van der Waals surface area contributed by atoms with Crippen LogP contribution in [-0.4, -0.2) is 23.8 Å². The van der Waals surface area contributed by atoms with Crippen LogP contribution in [0.15, 0.2) is 65.8 Å². The van der Waals surface area contributed by atoms with Crippen molar-refractivity contribution in [3.63, 3.8) is 0 Å². The first-order chi connectivity index (χ1) is 15.0. The van der Waals surface area contributed by atoms with Crippen LogP contribution in [0.5, 0.6) is 17.2 Å². The molecule has 3 aromatic rings. The van der Waals surface area contributed by atoms with Crippen LogP contribution in [-0.2, 0) is 6.61 Å². The second-order valence-corrected chi connectivity index (χ2v) is 7.93. The lowest BCUT2D eigenvalue weighted by atomic mass is 10.2. The Morgan fingerprint density at radius 1 is 1.16 bits per heavy atom. The number of phenolic OH excluding ortho intramolecular Hbond substituents is 1. The van der Waals surface area contributed by atoms with E-state index >= 15 is 0 Å². The zero-order valence-electron chi connectivity index (χ0n) is 16.6. The van der Waals surface area contributed by atoms with Gasteiger partial charge in [-0.25, -0.2) is 5.43 Å². The van der Waals surface area contributed by atoms with E-state index in [4.69, 9.17) is 21.1 Å². The Morgan fingerprint density at radius 3 is 2.65 bits per heavy atom. The number of hydrogen-bond donors (Lipinski definition) is 2. The fraction of sp³-hybridized carbons (Fsp3) is 0.130. The van der Waals surface area contributed by atoms with Gasteiger partial charge in [0.05, 0.1) is 22.0 Å². The fourth-order valence-electron chi connectivity index (χ4n) is 2.72. The molecule has 160 valence electrons. The summed E-state index contributed by atoms with van der Waals surface area (Å²) in [5.74, 6) is 0.560. The first kappa shape index (κ1) is 22.9. The Kier molecular flexibility index (Phi) is 8.13. The molecule has 0 aliphatic carbocycles. The van der Waals surface area contributed by atoms with Gasteiger partial charge in [0, 0.05) is 10.6 Å². The molecule has 6 nitrogen and oxygen atoms in total. The van der Waals surface area contributed by atoms with Crippen molar-refractivity contribution < 1.29 is 19.4 Å². The summed E-state index contributed by atoms with van der Waals surface area (Å²) in [5, 5.41) is 14.4. The molecule has 3 rings (SSSR count). The minimum atomic E-state index is -0.506. The average molecular weight is 551 g/mol. The average Bonchev–Trinajstić information content (AvgIpc) is 2.75. The van der Waals surface area contributed by atoms with E-state index in [9.17, 15) is 9.90 Å². The molecule has 0 aliphatic rings. The summed E-state index contributed by atoms with van der Waals surface area (Å²) in [6.45, 7) is 2.65. The number of hydrazone groups is 1. The fourth-order valence-corrected chi connectivity index (χ4v) is 3.69. The Morgan fingerprint density at radius 2 is 1.90 bits per heavy atom. The van der Waals surface area contributed by atoms with Gasteiger partial charge in [-0.05, 0) is 65.4 Å². The molecule has 31 heavy (non-hydrogen) atoms. The van der Waals surface area contributed by atoms with Gasteiger partial charge in [-0.1, -0.05) is 41.9 Å². The first-order valence-electron chi connectivity index (χ1n) is 9.43. The van der Waals surface area contributed by atoms with Crippen molar-refractivity contribution >= 4 is 46.3 Å². The lowest BCUT2D eigenvalue weighted by Gasteiger charge is -2.15. The topological polar surface area (TPSA) is 80.2 Å². The molecule has 1 amide bonds. The van der Waals surface area contributed by atoms with E-state index in [0.717, 1.165) is 14.7 Å². The highest BCUT2D eigenvalue weighted by atomic mass is 127. The van der Waals surface area contributed by atoms with Crippen molar-refractivity contribution in [3.05, 3.63) is 85.9 Å². The van der Waals surface area contributed by atoms with E-state index in [1.54, 1.807) is 18.2 Å². The van der Waals surface area contributed by atoms with E-state index < -0.39 is 5.91 Å². The van der Waals surface area contributed by atoms with Crippen molar-refractivity contribution in [2.75, 3.05) is 6.61 Å². The number of para-hydroxylation sites is 1. The summed E-state index contributed by atoms with van der Waals surface area (Å²) in [6.07, 6.45) is 1.50. The molecular formula is C23H20ClIN2O4. The van der Waals surface area contributed by atoms with Crippen LogP contribution < -0.4 is 14.9 Å². The number of ether oxygens (including phenoxy) is 2. The third-order valence-electron chi connectivity index (χ3n) is 4.19. The van der Waals surface area contributed by atoms with Crippen molar-refractivity contribution in [3.8, 4) is 17.2 Å². The number of carbonyl (C=O) groups is 1. The number of hydrogen-bond acceptors (Lipinski definition) is 5. The zero-order valence-corrected chi connectivity index (χ0v) is 19.6. The number of nitrogens with one attached hydrogen (secondary N) is 1. The lowest BCUT2D eigenvalue weighted by Crippen LogP contribution is -2.17. The molecule has 0 saturated heterocycles. The van der Waals surface area contributed by atoms with Crippen LogP contribution in [0.25, 0.3) is 0 Å². The van der Waals surface area contributed by atoms with E-state index in [1.165, 1.54) is 18.3 Å². The van der Waals surface area contributed by atoms with E-state index in [-0.39, 0.29) is 11.3 Å². The predicted molar refractivity (Wildman–Crippen MR) is 129 cm³/mol. The Labute approximate surface area is 199 Å². The van der Waals surface area contributed by atoms with E-state index in [1.807, 2.05) is 37.3 Å². The third kappa shape index (κ3) is 6.11. The molecule has 2 N–H and O–H groups in total. The number of amides is 1. The predicted octanol–water partition coefficient (Wildman–Crippen LogP) is 5.39. The Bertz CT molecular complexity index is 1100. The molecule has 0 atom stereocenters. The molecule has 3 aromatic carbocycles. The van der Waals surface area contributed by atoms with Gasteiger partial charge in [-0.15, -0.1) is 0 Å². The van der Waals surface area contributed by atoms with Gasteiger partial charge in [0.15, 0.2) is 11.5 Å². The number of halogens is 2. The van der Waals surface area contributed by atoms with Crippen LogP contribution in [0.3, 0.4) is 0 Å². The van der Waals surface area contributed by atoms with Gasteiger partial charge in [0.2, 0.25) is 0 Å². The summed E-state index contributed by atoms with van der Waals surface area (Å²) in [7, 11) is 0. The van der Waals surface area contributed by atoms with E-state index in [0.29, 0.717) is 29.7 Å². The van der Waals surface area contributed by atoms with Gasteiger partial charge >= 0.3 is 0 Å². The number of nitrogens with zero attached hydrogens (tertiary/aromatic N) is 1. The minimum Gasteiger partial charge on any atom is -0.507 e. The van der Waals surface area contributed by atoms with Gasteiger partial charge in [-0.2, -0.15) is 5.10 Å². The maximum Gasteiger partial charge on any atom is 0.275 e. The highest BCUT2D eigenvalue weighted by Crippen LogP contribution is 2.35. The normalized spacial score (nSPS) is 10.8. The second-order valence-electron chi connectivity index (χ2n) is 6.36. The quantitative estimate of drug-likeness (QED) is 0.224. The summed E-state index contributed by atoms with van der Waals surface area (Å²) >= 11 is 8.37. The molecule has 0 fully saturated rings. The van der Waals surface area contributed by atoms with Crippen molar-refractivity contribution in [1.82, 2.24) is 5.43 Å². The molecule has 0 saturated carbocycles. The number of phenols is 1. The summed E-state index contributed by atoms with van der Waals surface area (Å²) in [4.78, 5) is 12.2. The number of benzene rings is 3. The monoisotopic (exact) mass is 550 g/mol. The molecule has 0 spiro atoms. The number of carbonyl (C=O) groups excluding carboxylic acids is 1. The summed E-state index contributed by atoms with van der Waals surface area (Å²) in [5.41, 5.74) is 4.15. The highest BCUT2D eigenvalue weighted by molar-refractivity contribution is 14.1. The minimum absolute atomic E-state index is 0.108. The van der Waals surface area contributed by atoms with Gasteiger partial charge in [0.25, 0.3) is 5.91 Å². The van der Waals surface area contributed by atoms with Crippen molar-refractivity contribution in [2.45, 2.75) is 13.5 Å². The SMILES string of the molecule is CCOc1cc(/C=N/NC(=O)c2ccccc2O)cc(I)c1OCc1ccccc1Cl. The standard InChI is InChI=1S/C23H20ClIN2O4/c1-2-30-21-12-15(13-26-27-23(29)17-8-4-6-10-20(17)28)11-19(25)22(21)31-14-16-7-3-5-9-18(16)24/h3-13,28H,2,14H2,1H3,(H,27,29)/b26-13+. The lowest BCUT2D eigenvalue weighted by molar-refractivity contribution is 0.0952. The smallest absolute Gasteiger partial charge is 0.275 e.